The summed E-state index contributed by atoms with van der Waals surface area (Å²) >= 11 is 0. The predicted octanol–water partition coefficient (Wildman–Crippen LogP) is 1.57. The first kappa shape index (κ1) is 17.0. The van der Waals surface area contributed by atoms with Crippen LogP contribution in [0.3, 0.4) is 0 Å². The van der Waals surface area contributed by atoms with Crippen LogP contribution in [-0.4, -0.2) is 64.7 Å². The second-order valence-electron chi connectivity index (χ2n) is 7.32. The summed E-state index contributed by atoms with van der Waals surface area (Å²) in [5.41, 5.74) is 0.804. The van der Waals surface area contributed by atoms with E-state index in [2.05, 4.69) is 14.9 Å². The molecule has 2 saturated heterocycles. The van der Waals surface area contributed by atoms with Gasteiger partial charge in [0.1, 0.15) is 5.69 Å². The fourth-order valence-electron chi connectivity index (χ4n) is 3.95. The van der Waals surface area contributed by atoms with Crippen molar-refractivity contribution in [2.24, 2.45) is 12.5 Å². The van der Waals surface area contributed by atoms with E-state index in [4.69, 9.17) is 4.74 Å². The summed E-state index contributed by atoms with van der Waals surface area (Å²) in [6, 6.07) is 5.63. The highest BCUT2D eigenvalue weighted by Crippen LogP contribution is 2.35. The minimum Gasteiger partial charge on any atom is -0.379 e. The molecule has 0 unspecified atom stereocenters. The summed E-state index contributed by atoms with van der Waals surface area (Å²) in [6.07, 6.45) is 7.35. The molecule has 1 spiro atoms. The molecular formula is C19H25N5O2. The van der Waals surface area contributed by atoms with Gasteiger partial charge in [-0.2, -0.15) is 0 Å². The molecule has 2 fully saturated rings. The van der Waals surface area contributed by atoms with Crippen molar-refractivity contribution in [3.63, 3.8) is 0 Å². The van der Waals surface area contributed by atoms with Gasteiger partial charge in [0.05, 0.1) is 13.2 Å². The van der Waals surface area contributed by atoms with E-state index < -0.39 is 0 Å². The zero-order valence-electron chi connectivity index (χ0n) is 15.2. The van der Waals surface area contributed by atoms with Crippen molar-refractivity contribution in [3.05, 3.63) is 42.5 Å². The van der Waals surface area contributed by atoms with Crippen LogP contribution in [0.25, 0.3) is 0 Å². The number of aromatic nitrogens is 3. The molecule has 7 heteroatoms. The summed E-state index contributed by atoms with van der Waals surface area (Å²) in [5, 5.41) is 0. The molecule has 1 amide bonds. The zero-order valence-corrected chi connectivity index (χ0v) is 15.2. The summed E-state index contributed by atoms with van der Waals surface area (Å²) in [4.78, 5) is 25.7. The minimum atomic E-state index is 0.0562. The van der Waals surface area contributed by atoms with Crippen LogP contribution < -0.4 is 4.90 Å². The van der Waals surface area contributed by atoms with Crippen LogP contribution in [0.5, 0.6) is 0 Å². The molecule has 2 aromatic rings. The van der Waals surface area contributed by atoms with Gasteiger partial charge >= 0.3 is 0 Å². The smallest absolute Gasteiger partial charge is 0.270 e. The summed E-state index contributed by atoms with van der Waals surface area (Å²) in [5.74, 6) is 0.879. The molecule has 0 bridgehead atoms. The number of hydrogen-bond acceptors (Lipinski definition) is 5. The minimum absolute atomic E-state index is 0.0562. The Morgan fingerprint density at radius 2 is 1.92 bits per heavy atom. The van der Waals surface area contributed by atoms with E-state index in [0.29, 0.717) is 6.61 Å². The Morgan fingerprint density at radius 1 is 1.15 bits per heavy atom. The fourth-order valence-corrected chi connectivity index (χ4v) is 3.95. The first-order valence-electron chi connectivity index (χ1n) is 9.17. The number of amides is 1. The average Bonchev–Trinajstić information content (AvgIpc) is 3.00. The van der Waals surface area contributed by atoms with Gasteiger partial charge in [0.2, 0.25) is 5.95 Å². The fraction of sp³-hybridized carbons (Fsp3) is 0.526. The Hall–Kier alpha value is -2.41. The number of anilines is 1. The quantitative estimate of drug-likeness (QED) is 0.818. The van der Waals surface area contributed by atoms with Gasteiger partial charge in [-0.25, -0.2) is 9.97 Å². The van der Waals surface area contributed by atoms with E-state index in [1.165, 1.54) is 0 Å². The monoisotopic (exact) mass is 355 g/mol. The number of ether oxygens (including phenoxy) is 1. The number of rotatable bonds is 2. The Balaban J connectivity index is 1.45. The molecule has 0 atom stereocenters. The Labute approximate surface area is 153 Å². The van der Waals surface area contributed by atoms with Crippen molar-refractivity contribution in [3.8, 4) is 0 Å². The molecule has 0 aliphatic carbocycles. The maximum absolute atomic E-state index is 12.8. The zero-order chi connectivity index (χ0) is 18.0. The topological polar surface area (TPSA) is 63.5 Å². The van der Waals surface area contributed by atoms with E-state index in [1.807, 2.05) is 40.9 Å². The lowest BCUT2D eigenvalue weighted by atomic mass is 9.78. The molecular weight excluding hydrogens is 330 g/mol. The Kier molecular flexibility index (Phi) is 4.63. The van der Waals surface area contributed by atoms with E-state index in [9.17, 15) is 4.79 Å². The van der Waals surface area contributed by atoms with Crippen LogP contribution in [-0.2, 0) is 11.8 Å². The third kappa shape index (κ3) is 3.31. The van der Waals surface area contributed by atoms with Crippen molar-refractivity contribution in [2.75, 3.05) is 44.3 Å². The van der Waals surface area contributed by atoms with Crippen LogP contribution in [0.4, 0.5) is 5.95 Å². The number of piperidine rings is 1. The molecule has 2 aliphatic heterocycles. The van der Waals surface area contributed by atoms with Gasteiger partial charge in [-0.3, -0.25) is 4.79 Å². The number of carbonyl (C=O) groups excluding carboxylic acids is 1. The van der Waals surface area contributed by atoms with E-state index in [-0.39, 0.29) is 11.3 Å². The van der Waals surface area contributed by atoms with Gasteiger partial charge in [-0.05, 0) is 31.0 Å². The highest BCUT2D eigenvalue weighted by Gasteiger charge is 2.40. The van der Waals surface area contributed by atoms with Crippen LogP contribution in [0.2, 0.25) is 0 Å². The van der Waals surface area contributed by atoms with Crippen molar-refractivity contribution in [1.29, 1.82) is 0 Å². The average molecular weight is 355 g/mol. The molecule has 0 saturated carbocycles. The lowest BCUT2D eigenvalue weighted by Gasteiger charge is -2.42. The van der Waals surface area contributed by atoms with Crippen LogP contribution in [0.1, 0.15) is 23.3 Å². The number of hydrogen-bond donors (Lipinski definition) is 0. The maximum Gasteiger partial charge on any atom is 0.270 e. The molecule has 138 valence electrons. The summed E-state index contributed by atoms with van der Waals surface area (Å²) in [7, 11) is 1.91. The lowest BCUT2D eigenvalue weighted by Crippen LogP contribution is -2.49. The van der Waals surface area contributed by atoms with Crippen LogP contribution in [0.15, 0.2) is 36.8 Å². The van der Waals surface area contributed by atoms with Gasteiger partial charge in [-0.1, -0.05) is 0 Å². The molecule has 0 N–H and O–H groups in total. The molecule has 2 aromatic heterocycles. The number of nitrogens with zero attached hydrogens (tertiary/aromatic N) is 5. The molecule has 26 heavy (non-hydrogen) atoms. The number of likely N-dealkylation sites (tertiary alicyclic amines) is 1. The Bertz CT molecular complexity index is 752. The predicted molar refractivity (Wildman–Crippen MR) is 98.0 cm³/mol. The third-order valence-electron chi connectivity index (χ3n) is 5.55. The van der Waals surface area contributed by atoms with Crippen LogP contribution in [0, 0.1) is 5.41 Å². The summed E-state index contributed by atoms with van der Waals surface area (Å²) < 4.78 is 7.81. The number of carbonyl (C=O) groups is 1. The molecule has 0 radical (unpaired) electrons. The van der Waals surface area contributed by atoms with Crippen molar-refractivity contribution in [2.45, 2.75) is 12.8 Å². The number of aryl methyl sites for hydroxylation is 1. The van der Waals surface area contributed by atoms with E-state index >= 15 is 0 Å². The van der Waals surface area contributed by atoms with E-state index in [0.717, 1.165) is 57.3 Å². The Morgan fingerprint density at radius 3 is 2.62 bits per heavy atom. The SMILES string of the molecule is Cn1cccc1C(=O)N1CCC2(CC1)COCCN(c1ncccn1)C2. The first-order chi connectivity index (χ1) is 12.7. The van der Waals surface area contributed by atoms with Crippen molar-refractivity contribution >= 4 is 11.9 Å². The molecule has 7 nitrogen and oxygen atoms in total. The van der Waals surface area contributed by atoms with Crippen molar-refractivity contribution in [1.82, 2.24) is 19.4 Å². The largest absolute Gasteiger partial charge is 0.379 e. The lowest BCUT2D eigenvalue weighted by molar-refractivity contribution is 0.0204. The van der Waals surface area contributed by atoms with Gasteiger partial charge in [0.15, 0.2) is 0 Å². The molecule has 0 aromatic carbocycles. The normalized spacial score (nSPS) is 20.2. The van der Waals surface area contributed by atoms with Gasteiger partial charge in [-0.15, -0.1) is 0 Å². The van der Waals surface area contributed by atoms with Gasteiger partial charge in [0, 0.05) is 57.2 Å². The van der Waals surface area contributed by atoms with Gasteiger partial charge < -0.3 is 19.1 Å². The third-order valence-corrected chi connectivity index (χ3v) is 5.55. The van der Waals surface area contributed by atoms with Gasteiger partial charge in [0.25, 0.3) is 5.91 Å². The molecule has 2 aliphatic rings. The first-order valence-corrected chi connectivity index (χ1v) is 9.17. The second-order valence-corrected chi connectivity index (χ2v) is 7.32. The van der Waals surface area contributed by atoms with Crippen LogP contribution >= 0.6 is 0 Å². The molecule has 4 heterocycles. The highest BCUT2D eigenvalue weighted by molar-refractivity contribution is 5.92. The highest BCUT2D eigenvalue weighted by atomic mass is 16.5. The summed E-state index contributed by atoms with van der Waals surface area (Å²) in [6.45, 7) is 4.63. The standard InChI is InChI=1S/C19H25N5O2/c1-22-9-2-4-16(22)17(25)23-10-5-19(6-11-23)14-24(12-13-26-15-19)18-20-7-3-8-21-18/h2-4,7-9H,5-6,10-15H2,1H3. The maximum atomic E-state index is 12.8. The second kappa shape index (κ2) is 7.07. The van der Waals surface area contributed by atoms with E-state index in [1.54, 1.807) is 12.4 Å². The molecule has 4 rings (SSSR count). The van der Waals surface area contributed by atoms with Crippen molar-refractivity contribution < 1.29 is 9.53 Å².